The highest BCUT2D eigenvalue weighted by molar-refractivity contribution is 6.00. The van der Waals surface area contributed by atoms with E-state index in [9.17, 15) is 19.2 Å². The van der Waals surface area contributed by atoms with Gasteiger partial charge in [-0.25, -0.2) is 4.79 Å². The van der Waals surface area contributed by atoms with Gasteiger partial charge in [-0.3, -0.25) is 14.4 Å². The van der Waals surface area contributed by atoms with Crippen LogP contribution in [0.15, 0.2) is 48.5 Å². The lowest BCUT2D eigenvalue weighted by atomic mass is 10.1. The Morgan fingerprint density at radius 2 is 1.84 bits per heavy atom. The number of methoxy groups -OCH3 is 1. The fraction of sp³-hybridized carbons (Fsp3) is 0.304. The normalized spacial score (nSPS) is 15.2. The number of ether oxygens (including phenoxy) is 3. The largest absolute Gasteiger partial charge is 0.497 e. The van der Waals surface area contributed by atoms with Crippen molar-refractivity contribution in [1.82, 2.24) is 0 Å². The summed E-state index contributed by atoms with van der Waals surface area (Å²) in [4.78, 5) is 50.0. The van der Waals surface area contributed by atoms with Gasteiger partial charge in [0, 0.05) is 30.4 Å². The summed E-state index contributed by atoms with van der Waals surface area (Å²) in [5.74, 6) is -1.90. The number of esters is 2. The third-order valence-electron chi connectivity index (χ3n) is 4.85. The van der Waals surface area contributed by atoms with Crippen LogP contribution < -0.4 is 15.0 Å². The van der Waals surface area contributed by atoms with Crippen LogP contribution in [0.4, 0.5) is 11.4 Å². The van der Waals surface area contributed by atoms with Crippen LogP contribution in [0.1, 0.15) is 23.7 Å². The number of carbonyl (C=O) groups is 4. The molecule has 0 aromatic heterocycles. The van der Waals surface area contributed by atoms with Crippen LogP contribution in [-0.2, 0) is 23.9 Å². The van der Waals surface area contributed by atoms with Crippen molar-refractivity contribution in [3.05, 3.63) is 54.1 Å². The molecule has 3 rings (SSSR count). The lowest BCUT2D eigenvalue weighted by molar-refractivity contribution is -0.151. The maximum Gasteiger partial charge on any atom is 0.338 e. The summed E-state index contributed by atoms with van der Waals surface area (Å²) >= 11 is 0. The van der Waals surface area contributed by atoms with Gasteiger partial charge in [-0.15, -0.1) is 0 Å². The third-order valence-corrected chi connectivity index (χ3v) is 4.85. The maximum absolute atomic E-state index is 12.4. The van der Waals surface area contributed by atoms with Crippen molar-refractivity contribution in [1.29, 1.82) is 0 Å². The number of hydrogen-bond donors (Lipinski definition) is 1. The lowest BCUT2D eigenvalue weighted by Gasteiger charge is -2.17. The molecule has 1 N–H and O–H groups in total. The molecule has 168 valence electrons. The highest BCUT2D eigenvalue weighted by Crippen LogP contribution is 2.26. The summed E-state index contributed by atoms with van der Waals surface area (Å²) < 4.78 is 15.1. The van der Waals surface area contributed by atoms with Crippen molar-refractivity contribution in [3.63, 3.8) is 0 Å². The predicted molar refractivity (Wildman–Crippen MR) is 115 cm³/mol. The van der Waals surface area contributed by atoms with E-state index in [1.165, 1.54) is 12.0 Å². The number of nitrogens with one attached hydrogen (secondary N) is 1. The topological polar surface area (TPSA) is 111 Å². The Hall–Kier alpha value is -3.88. The fourth-order valence-electron chi connectivity index (χ4n) is 3.26. The van der Waals surface area contributed by atoms with Gasteiger partial charge >= 0.3 is 11.9 Å². The van der Waals surface area contributed by atoms with Crippen LogP contribution in [0.5, 0.6) is 5.75 Å². The minimum absolute atomic E-state index is 0.0179. The first kappa shape index (κ1) is 22.8. The molecule has 2 aromatic rings. The molecule has 1 aliphatic heterocycles. The smallest absolute Gasteiger partial charge is 0.338 e. The predicted octanol–water partition coefficient (Wildman–Crippen LogP) is 2.41. The molecule has 0 bridgehead atoms. The Kier molecular flexibility index (Phi) is 7.43. The number of nitrogens with zero attached hydrogens (tertiary/aromatic N) is 1. The van der Waals surface area contributed by atoms with Crippen molar-refractivity contribution in [3.8, 4) is 5.75 Å². The zero-order valence-electron chi connectivity index (χ0n) is 17.8. The zero-order chi connectivity index (χ0) is 23.1. The summed E-state index contributed by atoms with van der Waals surface area (Å²) in [7, 11) is 1.52. The molecule has 2 amide bonds. The van der Waals surface area contributed by atoms with Crippen LogP contribution >= 0.6 is 0 Å². The second-order valence-corrected chi connectivity index (χ2v) is 7.06. The molecule has 0 saturated carbocycles. The summed E-state index contributed by atoms with van der Waals surface area (Å²) in [6.45, 7) is 1.66. The van der Waals surface area contributed by atoms with Gasteiger partial charge < -0.3 is 24.4 Å². The highest BCUT2D eigenvalue weighted by atomic mass is 16.5. The van der Waals surface area contributed by atoms with Crippen molar-refractivity contribution in [2.45, 2.75) is 13.3 Å². The minimum Gasteiger partial charge on any atom is -0.497 e. The Morgan fingerprint density at radius 3 is 2.53 bits per heavy atom. The monoisotopic (exact) mass is 440 g/mol. The minimum atomic E-state index is -0.683. The first-order valence-electron chi connectivity index (χ1n) is 10.1. The van der Waals surface area contributed by atoms with E-state index in [0.717, 1.165) is 0 Å². The van der Waals surface area contributed by atoms with Crippen LogP contribution in [0.2, 0.25) is 0 Å². The molecule has 32 heavy (non-hydrogen) atoms. The van der Waals surface area contributed by atoms with Gasteiger partial charge in [0.25, 0.3) is 5.91 Å². The van der Waals surface area contributed by atoms with E-state index < -0.39 is 30.4 Å². The molecule has 9 nitrogen and oxygen atoms in total. The van der Waals surface area contributed by atoms with E-state index in [2.05, 4.69) is 5.32 Å². The quantitative estimate of drug-likeness (QED) is 0.628. The maximum atomic E-state index is 12.4. The van der Waals surface area contributed by atoms with Crippen molar-refractivity contribution in [2.24, 2.45) is 5.92 Å². The van der Waals surface area contributed by atoms with Gasteiger partial charge in [-0.1, -0.05) is 6.07 Å². The van der Waals surface area contributed by atoms with Crippen LogP contribution in [0.3, 0.4) is 0 Å². The van der Waals surface area contributed by atoms with Crippen LogP contribution in [-0.4, -0.2) is 50.6 Å². The highest BCUT2D eigenvalue weighted by Gasteiger charge is 2.36. The van der Waals surface area contributed by atoms with E-state index in [-0.39, 0.29) is 25.5 Å². The van der Waals surface area contributed by atoms with Gasteiger partial charge in [0.05, 0.1) is 25.2 Å². The van der Waals surface area contributed by atoms with E-state index >= 15 is 0 Å². The SMILES string of the molecule is CCOC(=O)c1ccc(N2C[C@H](C(=O)OCC(=O)Nc3cccc(OC)c3)CC2=O)cc1. The molecular formula is C23H24N2O7. The Labute approximate surface area is 185 Å². The van der Waals surface area contributed by atoms with Gasteiger partial charge in [0.15, 0.2) is 6.61 Å². The molecule has 1 saturated heterocycles. The molecule has 1 aliphatic rings. The fourth-order valence-corrected chi connectivity index (χ4v) is 3.26. The standard InChI is InChI=1S/C23H24N2O7/c1-3-31-22(28)15-7-9-18(10-8-15)25-13-16(11-21(25)27)23(29)32-14-20(26)24-17-5-4-6-19(12-17)30-2/h4-10,12,16H,3,11,13-14H2,1-2H3,(H,24,26)/t16-/m1/s1. The Morgan fingerprint density at radius 1 is 1.09 bits per heavy atom. The molecule has 9 heteroatoms. The molecule has 2 aromatic carbocycles. The number of rotatable bonds is 8. The van der Waals surface area contributed by atoms with E-state index in [0.29, 0.717) is 22.7 Å². The number of amides is 2. The molecule has 1 fully saturated rings. The van der Waals surface area contributed by atoms with E-state index in [4.69, 9.17) is 14.2 Å². The van der Waals surface area contributed by atoms with Crippen LogP contribution in [0, 0.1) is 5.92 Å². The molecule has 0 aliphatic carbocycles. The Balaban J connectivity index is 1.52. The van der Waals surface area contributed by atoms with Gasteiger partial charge in [-0.05, 0) is 43.3 Å². The summed E-state index contributed by atoms with van der Waals surface area (Å²) in [6, 6.07) is 13.2. The number of anilines is 2. The van der Waals surface area contributed by atoms with E-state index in [1.807, 2.05) is 0 Å². The number of hydrogen-bond acceptors (Lipinski definition) is 7. The lowest BCUT2D eigenvalue weighted by Crippen LogP contribution is -2.28. The molecule has 1 heterocycles. The molecule has 0 radical (unpaired) electrons. The van der Waals surface area contributed by atoms with Gasteiger partial charge in [0.1, 0.15) is 5.75 Å². The van der Waals surface area contributed by atoms with E-state index in [1.54, 1.807) is 55.5 Å². The molecule has 1 atom stereocenters. The van der Waals surface area contributed by atoms with Gasteiger partial charge in [0.2, 0.25) is 5.91 Å². The second kappa shape index (κ2) is 10.4. The summed E-state index contributed by atoms with van der Waals surface area (Å²) in [5.41, 5.74) is 1.45. The van der Waals surface area contributed by atoms with Crippen molar-refractivity contribution < 1.29 is 33.4 Å². The average molecular weight is 440 g/mol. The first-order chi connectivity index (χ1) is 15.4. The first-order valence-corrected chi connectivity index (χ1v) is 10.1. The number of benzene rings is 2. The molecule has 0 spiro atoms. The summed E-state index contributed by atoms with van der Waals surface area (Å²) in [6.07, 6.45) is -0.0179. The van der Waals surface area contributed by atoms with Crippen LogP contribution in [0.25, 0.3) is 0 Å². The zero-order valence-corrected chi connectivity index (χ0v) is 17.8. The molecular weight excluding hydrogens is 416 g/mol. The van der Waals surface area contributed by atoms with Crippen molar-refractivity contribution >= 4 is 35.1 Å². The molecule has 0 unspecified atom stereocenters. The Bertz CT molecular complexity index is 1000. The average Bonchev–Trinajstić information content (AvgIpc) is 3.19. The summed E-state index contributed by atoms with van der Waals surface area (Å²) in [5, 5.41) is 2.62. The second-order valence-electron chi connectivity index (χ2n) is 7.06. The third kappa shape index (κ3) is 5.63. The van der Waals surface area contributed by atoms with Gasteiger partial charge in [-0.2, -0.15) is 0 Å². The van der Waals surface area contributed by atoms with Crippen molar-refractivity contribution in [2.75, 3.05) is 37.1 Å². The number of carbonyl (C=O) groups excluding carboxylic acids is 4.